The van der Waals surface area contributed by atoms with Gasteiger partial charge in [-0.05, 0) is 25.5 Å². The van der Waals surface area contributed by atoms with Gasteiger partial charge in [-0.1, -0.05) is 25.9 Å². The first-order valence-corrected chi connectivity index (χ1v) is 8.35. The van der Waals surface area contributed by atoms with Crippen molar-refractivity contribution in [3.63, 3.8) is 0 Å². The fourth-order valence-corrected chi connectivity index (χ4v) is 2.15. The zero-order valence-corrected chi connectivity index (χ0v) is 15.1. The molecule has 0 saturated carbocycles. The summed E-state index contributed by atoms with van der Waals surface area (Å²) >= 11 is 0. The first-order valence-electron chi connectivity index (χ1n) is 8.35. The second-order valence-electron chi connectivity index (χ2n) is 6.74. The lowest BCUT2D eigenvalue weighted by molar-refractivity contribution is -0.116. The van der Waals surface area contributed by atoms with Crippen LogP contribution in [0, 0.1) is 5.82 Å². The third-order valence-electron chi connectivity index (χ3n) is 3.45. The van der Waals surface area contributed by atoms with Crippen molar-refractivity contribution in [2.24, 2.45) is 0 Å². The van der Waals surface area contributed by atoms with E-state index in [9.17, 15) is 9.18 Å². The maximum Gasteiger partial charge on any atom is 0.226 e. The number of aryl methyl sites for hydroxylation is 1. The lowest BCUT2D eigenvalue weighted by Gasteiger charge is -2.11. The predicted octanol–water partition coefficient (Wildman–Crippen LogP) is 3.87. The van der Waals surface area contributed by atoms with Gasteiger partial charge in [0.2, 0.25) is 11.8 Å². The Morgan fingerprint density at radius 2 is 2.12 bits per heavy atom. The number of carbonyl (C=O) groups excluding carboxylic acids is 1. The van der Waals surface area contributed by atoms with Crippen molar-refractivity contribution < 1.29 is 18.4 Å². The molecule has 0 fully saturated rings. The van der Waals surface area contributed by atoms with Crippen LogP contribution in [0.4, 0.5) is 10.1 Å². The fourth-order valence-electron chi connectivity index (χ4n) is 2.15. The van der Waals surface area contributed by atoms with Crippen molar-refractivity contribution in [3.05, 3.63) is 35.7 Å². The van der Waals surface area contributed by atoms with E-state index in [1.54, 1.807) is 6.92 Å². The number of hydrogen-bond acceptors (Lipinski definition) is 5. The second kappa shape index (κ2) is 8.09. The van der Waals surface area contributed by atoms with Gasteiger partial charge in [0.15, 0.2) is 5.82 Å². The lowest BCUT2D eigenvalue weighted by Crippen LogP contribution is -2.14. The Morgan fingerprint density at radius 1 is 1.36 bits per heavy atom. The van der Waals surface area contributed by atoms with E-state index in [0.29, 0.717) is 42.6 Å². The molecule has 0 bridgehead atoms. The van der Waals surface area contributed by atoms with Crippen molar-refractivity contribution in [1.29, 1.82) is 0 Å². The Hall–Kier alpha value is -2.44. The molecule has 0 aliphatic heterocycles. The first kappa shape index (κ1) is 18.9. The number of hydrogen-bond donors (Lipinski definition) is 1. The topological polar surface area (TPSA) is 77.2 Å². The fraction of sp³-hybridized carbons (Fsp3) is 0.500. The van der Waals surface area contributed by atoms with Gasteiger partial charge in [-0.25, -0.2) is 4.39 Å². The molecule has 136 valence electrons. The van der Waals surface area contributed by atoms with E-state index in [1.165, 1.54) is 18.2 Å². The number of carbonyl (C=O) groups is 1. The molecule has 1 amide bonds. The molecule has 1 aromatic heterocycles. The Balaban J connectivity index is 1.86. The van der Waals surface area contributed by atoms with Crippen LogP contribution in [-0.2, 0) is 16.6 Å². The highest BCUT2D eigenvalue weighted by atomic mass is 19.1. The lowest BCUT2D eigenvalue weighted by atomic mass is 9.96. The molecule has 0 aliphatic rings. The van der Waals surface area contributed by atoms with Crippen LogP contribution in [0.2, 0.25) is 0 Å². The van der Waals surface area contributed by atoms with Crippen LogP contribution in [0.25, 0.3) is 0 Å². The van der Waals surface area contributed by atoms with Crippen molar-refractivity contribution in [1.82, 2.24) is 10.1 Å². The van der Waals surface area contributed by atoms with Crippen LogP contribution in [0.5, 0.6) is 5.75 Å². The zero-order valence-electron chi connectivity index (χ0n) is 15.1. The Morgan fingerprint density at radius 3 is 2.76 bits per heavy atom. The minimum Gasteiger partial charge on any atom is -0.492 e. The van der Waals surface area contributed by atoms with Gasteiger partial charge >= 0.3 is 0 Å². The van der Waals surface area contributed by atoms with Gasteiger partial charge in [0.1, 0.15) is 11.6 Å². The molecule has 1 heterocycles. The van der Waals surface area contributed by atoms with E-state index in [1.807, 2.05) is 20.8 Å². The molecule has 6 nitrogen and oxygen atoms in total. The minimum atomic E-state index is -0.410. The number of anilines is 1. The van der Waals surface area contributed by atoms with Gasteiger partial charge in [-0.15, -0.1) is 0 Å². The molecular formula is C18H24FN3O3. The first-order chi connectivity index (χ1) is 11.8. The summed E-state index contributed by atoms with van der Waals surface area (Å²) in [6, 6.07) is 4.03. The van der Waals surface area contributed by atoms with Crippen LogP contribution in [-0.4, -0.2) is 22.7 Å². The summed E-state index contributed by atoms with van der Waals surface area (Å²) in [4.78, 5) is 16.4. The van der Waals surface area contributed by atoms with E-state index in [-0.39, 0.29) is 17.7 Å². The molecule has 0 atom stereocenters. The predicted molar refractivity (Wildman–Crippen MR) is 92.1 cm³/mol. The third kappa shape index (κ3) is 5.55. The molecule has 0 unspecified atom stereocenters. The van der Waals surface area contributed by atoms with Crippen LogP contribution in [0.15, 0.2) is 22.7 Å². The van der Waals surface area contributed by atoms with Crippen molar-refractivity contribution in [3.8, 4) is 5.75 Å². The van der Waals surface area contributed by atoms with Crippen molar-refractivity contribution in [2.45, 2.75) is 52.4 Å². The summed E-state index contributed by atoms with van der Waals surface area (Å²) in [5.41, 5.74) is 0.290. The van der Waals surface area contributed by atoms with E-state index in [0.717, 1.165) is 0 Å². The summed E-state index contributed by atoms with van der Waals surface area (Å²) in [5, 5.41) is 6.70. The monoisotopic (exact) mass is 349 g/mol. The molecule has 2 aromatic rings. The van der Waals surface area contributed by atoms with Crippen LogP contribution in [0.1, 0.15) is 52.3 Å². The second-order valence-corrected chi connectivity index (χ2v) is 6.74. The molecule has 0 aliphatic carbocycles. The maximum atomic E-state index is 13.3. The number of nitrogens with zero attached hydrogens (tertiary/aromatic N) is 2. The Labute approximate surface area is 146 Å². The van der Waals surface area contributed by atoms with Gasteiger partial charge in [0.25, 0.3) is 0 Å². The number of ether oxygens (including phenoxy) is 1. The molecule has 25 heavy (non-hydrogen) atoms. The van der Waals surface area contributed by atoms with Gasteiger partial charge in [-0.2, -0.15) is 4.98 Å². The molecule has 1 aromatic carbocycles. The van der Waals surface area contributed by atoms with Crippen molar-refractivity contribution in [2.75, 3.05) is 11.9 Å². The zero-order chi connectivity index (χ0) is 18.4. The average molecular weight is 349 g/mol. The number of halogens is 1. The highest BCUT2D eigenvalue weighted by Gasteiger charge is 2.20. The van der Waals surface area contributed by atoms with Crippen LogP contribution >= 0.6 is 0 Å². The maximum absolute atomic E-state index is 13.3. The Kier molecular flexibility index (Phi) is 6.12. The SMILES string of the molecule is CCOc1cc(F)ccc1NC(=O)CCCc1nc(C(C)(C)C)no1. The van der Waals surface area contributed by atoms with E-state index >= 15 is 0 Å². The molecule has 1 N–H and O–H groups in total. The smallest absolute Gasteiger partial charge is 0.226 e. The summed E-state index contributed by atoms with van der Waals surface area (Å²) in [7, 11) is 0. The number of aromatic nitrogens is 2. The molecule has 7 heteroatoms. The largest absolute Gasteiger partial charge is 0.492 e. The van der Waals surface area contributed by atoms with Crippen LogP contribution < -0.4 is 10.1 Å². The number of nitrogens with one attached hydrogen (secondary N) is 1. The molecule has 2 rings (SSSR count). The summed E-state index contributed by atoms with van der Waals surface area (Å²) in [6.45, 7) is 8.21. The normalized spacial score (nSPS) is 11.4. The van der Waals surface area contributed by atoms with Gasteiger partial charge < -0.3 is 14.6 Å². The van der Waals surface area contributed by atoms with E-state index < -0.39 is 5.82 Å². The molecule has 0 saturated heterocycles. The van der Waals surface area contributed by atoms with E-state index in [4.69, 9.17) is 9.26 Å². The van der Waals surface area contributed by atoms with Gasteiger partial charge in [0, 0.05) is 24.3 Å². The summed E-state index contributed by atoms with van der Waals surface area (Å²) in [5.74, 6) is 0.910. The highest BCUT2D eigenvalue weighted by Crippen LogP contribution is 2.25. The van der Waals surface area contributed by atoms with Gasteiger partial charge in [-0.3, -0.25) is 4.79 Å². The van der Waals surface area contributed by atoms with Crippen LogP contribution in [0.3, 0.4) is 0 Å². The molecular weight excluding hydrogens is 325 g/mol. The number of rotatable bonds is 7. The quantitative estimate of drug-likeness (QED) is 0.821. The molecule has 0 radical (unpaired) electrons. The third-order valence-corrected chi connectivity index (χ3v) is 3.45. The standard InChI is InChI=1S/C18H24FN3O3/c1-5-24-14-11-12(19)9-10-13(14)20-15(23)7-6-8-16-21-17(22-25-16)18(2,3)4/h9-11H,5-8H2,1-4H3,(H,20,23). The summed E-state index contributed by atoms with van der Waals surface area (Å²) < 4.78 is 23.8. The Bertz CT molecular complexity index is 723. The number of amides is 1. The van der Waals surface area contributed by atoms with E-state index in [2.05, 4.69) is 15.5 Å². The number of benzene rings is 1. The van der Waals surface area contributed by atoms with Gasteiger partial charge in [0.05, 0.1) is 12.3 Å². The van der Waals surface area contributed by atoms with Crippen molar-refractivity contribution >= 4 is 11.6 Å². The highest BCUT2D eigenvalue weighted by molar-refractivity contribution is 5.92. The summed E-state index contributed by atoms with van der Waals surface area (Å²) in [6.07, 6.45) is 1.39. The molecule has 0 spiro atoms. The average Bonchev–Trinajstić information content (AvgIpc) is 2.99. The minimum absolute atomic E-state index is 0.169.